The molecule has 0 aliphatic carbocycles. The van der Waals surface area contributed by atoms with Crippen molar-refractivity contribution in [3.63, 3.8) is 0 Å². The molecule has 7 nitrogen and oxygen atoms in total. The third-order valence-corrected chi connectivity index (χ3v) is 6.30. The van der Waals surface area contributed by atoms with Crippen LogP contribution in [0, 0.1) is 0 Å². The molecule has 0 fully saturated rings. The molecule has 1 N–H and O–H groups in total. The van der Waals surface area contributed by atoms with Gasteiger partial charge in [-0.15, -0.1) is 0 Å². The Bertz CT molecular complexity index is 1380. The monoisotopic (exact) mass is 475 g/mol. The third kappa shape index (κ3) is 4.92. The van der Waals surface area contributed by atoms with Crippen LogP contribution in [0.25, 0.3) is 16.6 Å². The number of rotatable bonds is 8. The summed E-state index contributed by atoms with van der Waals surface area (Å²) in [7, 11) is 3.09. The van der Waals surface area contributed by atoms with Crippen molar-refractivity contribution >= 4 is 34.3 Å². The number of methoxy groups -OCH3 is 2. The zero-order chi connectivity index (χ0) is 24.1. The first-order valence-electron chi connectivity index (χ1n) is 10.8. The van der Waals surface area contributed by atoms with E-state index in [1.165, 1.54) is 24.4 Å². The first-order valence-corrected chi connectivity index (χ1v) is 11.8. The van der Waals surface area contributed by atoms with E-state index in [1.54, 1.807) is 42.0 Å². The second kappa shape index (κ2) is 10.4. The molecule has 0 aliphatic rings. The second-order valence-electron chi connectivity index (χ2n) is 7.48. The number of anilines is 1. The fraction of sp³-hybridized carbons (Fsp3) is 0.192. The topological polar surface area (TPSA) is 82.5 Å². The molecule has 0 saturated heterocycles. The summed E-state index contributed by atoms with van der Waals surface area (Å²) in [5.41, 5.74) is 2.84. The summed E-state index contributed by atoms with van der Waals surface area (Å²) in [6.45, 7) is 2.08. The van der Waals surface area contributed by atoms with Crippen LogP contribution in [0.4, 0.5) is 5.69 Å². The summed E-state index contributed by atoms with van der Waals surface area (Å²) in [6, 6.07) is 20.2. The lowest BCUT2D eigenvalue weighted by atomic mass is 10.1. The lowest BCUT2D eigenvalue weighted by molar-refractivity contribution is -0.113. The molecule has 0 radical (unpaired) electrons. The van der Waals surface area contributed by atoms with Crippen molar-refractivity contribution in [3.8, 4) is 17.2 Å². The van der Waals surface area contributed by atoms with Crippen LogP contribution in [0.1, 0.15) is 12.5 Å². The van der Waals surface area contributed by atoms with Crippen LogP contribution < -0.4 is 20.3 Å². The Morgan fingerprint density at radius 3 is 2.50 bits per heavy atom. The summed E-state index contributed by atoms with van der Waals surface area (Å²) >= 11 is 1.20. The molecule has 1 aromatic heterocycles. The molecular formula is C26H25N3O4S. The number of nitrogens with one attached hydrogen (secondary N) is 1. The Hall–Kier alpha value is -3.78. The Morgan fingerprint density at radius 1 is 1.03 bits per heavy atom. The number of aromatic nitrogens is 2. The predicted octanol–water partition coefficient (Wildman–Crippen LogP) is 4.70. The van der Waals surface area contributed by atoms with Crippen molar-refractivity contribution in [3.05, 3.63) is 82.6 Å². The van der Waals surface area contributed by atoms with E-state index in [1.807, 2.05) is 36.4 Å². The molecule has 34 heavy (non-hydrogen) atoms. The van der Waals surface area contributed by atoms with Crippen LogP contribution in [0.5, 0.6) is 11.5 Å². The van der Waals surface area contributed by atoms with E-state index in [9.17, 15) is 9.59 Å². The molecular weight excluding hydrogens is 450 g/mol. The number of thioether (sulfide) groups is 1. The Labute approximate surface area is 201 Å². The van der Waals surface area contributed by atoms with Crippen LogP contribution in [0.15, 0.2) is 76.7 Å². The van der Waals surface area contributed by atoms with E-state index < -0.39 is 0 Å². The minimum atomic E-state index is -0.247. The quantitative estimate of drug-likeness (QED) is 0.294. The molecule has 3 aromatic carbocycles. The number of para-hydroxylation sites is 1. The zero-order valence-corrected chi connectivity index (χ0v) is 20.0. The lowest BCUT2D eigenvalue weighted by Gasteiger charge is -2.14. The van der Waals surface area contributed by atoms with E-state index in [4.69, 9.17) is 14.5 Å². The highest BCUT2D eigenvalue weighted by Crippen LogP contribution is 2.29. The average Bonchev–Trinajstić information content (AvgIpc) is 2.88. The van der Waals surface area contributed by atoms with E-state index in [0.29, 0.717) is 38.9 Å². The number of nitrogens with zero attached hydrogens (tertiary/aromatic N) is 2. The first-order chi connectivity index (χ1) is 16.5. The highest BCUT2D eigenvalue weighted by atomic mass is 32.2. The lowest BCUT2D eigenvalue weighted by Crippen LogP contribution is -2.23. The number of hydrogen-bond donors (Lipinski definition) is 1. The van der Waals surface area contributed by atoms with Gasteiger partial charge >= 0.3 is 0 Å². The maximum absolute atomic E-state index is 13.4. The van der Waals surface area contributed by atoms with Gasteiger partial charge in [0.05, 0.1) is 42.3 Å². The Morgan fingerprint density at radius 2 is 1.79 bits per heavy atom. The molecule has 4 aromatic rings. The maximum atomic E-state index is 13.4. The van der Waals surface area contributed by atoms with Crippen molar-refractivity contribution in [1.29, 1.82) is 0 Å². The number of aryl methyl sites for hydroxylation is 1. The van der Waals surface area contributed by atoms with Crippen molar-refractivity contribution in [2.45, 2.75) is 18.5 Å². The van der Waals surface area contributed by atoms with E-state index in [2.05, 4.69) is 12.2 Å². The molecule has 0 aliphatic heterocycles. The van der Waals surface area contributed by atoms with Crippen LogP contribution in [-0.4, -0.2) is 35.4 Å². The molecule has 8 heteroatoms. The van der Waals surface area contributed by atoms with Crippen molar-refractivity contribution in [2.75, 3.05) is 25.3 Å². The second-order valence-corrected chi connectivity index (χ2v) is 8.42. The van der Waals surface area contributed by atoms with Crippen LogP contribution >= 0.6 is 11.8 Å². The van der Waals surface area contributed by atoms with Gasteiger partial charge in [-0.05, 0) is 48.4 Å². The highest BCUT2D eigenvalue weighted by molar-refractivity contribution is 7.99. The smallest absolute Gasteiger partial charge is 0.266 e. The molecule has 0 unspecified atom stereocenters. The number of fused-ring (bicyclic) bond motifs is 1. The fourth-order valence-corrected chi connectivity index (χ4v) is 4.35. The van der Waals surface area contributed by atoms with Crippen LogP contribution in [-0.2, 0) is 11.2 Å². The number of carbonyl (C=O) groups is 1. The number of hydrogen-bond acceptors (Lipinski definition) is 6. The van der Waals surface area contributed by atoms with E-state index in [-0.39, 0.29) is 17.2 Å². The highest BCUT2D eigenvalue weighted by Gasteiger charge is 2.16. The molecule has 0 saturated carbocycles. The minimum Gasteiger partial charge on any atom is -0.497 e. The predicted molar refractivity (Wildman–Crippen MR) is 136 cm³/mol. The summed E-state index contributed by atoms with van der Waals surface area (Å²) in [5.74, 6) is 0.938. The summed E-state index contributed by atoms with van der Waals surface area (Å²) in [6.07, 6.45) is 0.905. The summed E-state index contributed by atoms with van der Waals surface area (Å²) in [4.78, 5) is 30.8. The molecule has 0 spiro atoms. The number of ether oxygens (including phenoxy) is 2. The van der Waals surface area contributed by atoms with Crippen LogP contribution in [0.3, 0.4) is 0 Å². The van der Waals surface area contributed by atoms with Crippen molar-refractivity contribution < 1.29 is 14.3 Å². The summed E-state index contributed by atoms with van der Waals surface area (Å²) < 4.78 is 12.1. The van der Waals surface area contributed by atoms with Gasteiger partial charge < -0.3 is 14.8 Å². The number of carbonyl (C=O) groups excluding carboxylic acids is 1. The first kappa shape index (κ1) is 23.4. The third-order valence-electron chi connectivity index (χ3n) is 5.36. The number of benzene rings is 3. The molecule has 1 heterocycles. The van der Waals surface area contributed by atoms with Gasteiger partial charge in [0.2, 0.25) is 5.91 Å². The maximum Gasteiger partial charge on any atom is 0.266 e. The molecule has 0 bridgehead atoms. The Kier molecular flexibility index (Phi) is 7.18. The van der Waals surface area contributed by atoms with Gasteiger partial charge in [-0.25, -0.2) is 4.98 Å². The van der Waals surface area contributed by atoms with Gasteiger partial charge in [-0.1, -0.05) is 43.0 Å². The van der Waals surface area contributed by atoms with Crippen molar-refractivity contribution in [2.24, 2.45) is 0 Å². The fourth-order valence-electron chi connectivity index (χ4n) is 3.54. The molecule has 1 amide bonds. The van der Waals surface area contributed by atoms with Gasteiger partial charge in [0.15, 0.2) is 5.16 Å². The van der Waals surface area contributed by atoms with E-state index >= 15 is 0 Å². The van der Waals surface area contributed by atoms with Gasteiger partial charge in [-0.3, -0.25) is 14.2 Å². The minimum absolute atomic E-state index is 0.0625. The molecule has 174 valence electrons. The number of amides is 1. The van der Waals surface area contributed by atoms with Crippen molar-refractivity contribution in [1.82, 2.24) is 9.55 Å². The largest absolute Gasteiger partial charge is 0.497 e. The van der Waals surface area contributed by atoms with Gasteiger partial charge in [0, 0.05) is 6.07 Å². The van der Waals surface area contributed by atoms with Gasteiger partial charge in [0.25, 0.3) is 5.56 Å². The normalized spacial score (nSPS) is 10.8. The van der Waals surface area contributed by atoms with Gasteiger partial charge in [-0.2, -0.15) is 0 Å². The zero-order valence-electron chi connectivity index (χ0n) is 19.2. The van der Waals surface area contributed by atoms with Crippen LogP contribution in [0.2, 0.25) is 0 Å². The summed E-state index contributed by atoms with van der Waals surface area (Å²) in [5, 5.41) is 3.83. The van der Waals surface area contributed by atoms with Gasteiger partial charge in [0.1, 0.15) is 11.5 Å². The standard InChI is InChI=1S/C26H25N3O4S/c1-4-17-9-11-18(12-10-17)29-25(31)20-7-5-6-8-21(20)28-26(29)34-16-24(30)27-22-14-13-19(32-2)15-23(22)33-3/h5-15H,4,16H2,1-3H3,(H,27,30). The SMILES string of the molecule is CCc1ccc(-n2c(SCC(=O)Nc3ccc(OC)cc3OC)nc3ccccc3c2=O)cc1. The van der Waals surface area contributed by atoms with E-state index in [0.717, 1.165) is 6.42 Å². The molecule has 0 atom stereocenters. The average molecular weight is 476 g/mol. The Balaban J connectivity index is 1.63. The molecule has 4 rings (SSSR count).